The molecule has 0 aromatic carbocycles. The van der Waals surface area contributed by atoms with E-state index >= 15 is 0 Å². The van der Waals surface area contributed by atoms with Crippen LogP contribution in [0, 0.1) is 0 Å². The van der Waals surface area contributed by atoms with Crippen molar-refractivity contribution in [2.45, 2.75) is 24.3 Å². The van der Waals surface area contributed by atoms with E-state index in [2.05, 4.69) is 0 Å². The molecule has 1 saturated heterocycles. The minimum absolute atomic E-state index is 0.0157. The van der Waals surface area contributed by atoms with Gasteiger partial charge < -0.3 is 23.7 Å². The number of hydrogen-bond donors (Lipinski definition) is 0. The Kier molecular flexibility index (Phi) is 6.30. The van der Waals surface area contributed by atoms with E-state index in [4.69, 9.17) is 23.7 Å². The Labute approximate surface area is 97.7 Å². The highest BCUT2D eigenvalue weighted by Crippen LogP contribution is 2.24. The highest BCUT2D eigenvalue weighted by molar-refractivity contribution is 6.11. The molecular weight excluding hydrogens is 211 g/mol. The summed E-state index contributed by atoms with van der Waals surface area (Å²) in [4.78, 5) is 0. The highest BCUT2D eigenvalue weighted by Gasteiger charge is 2.43. The van der Waals surface area contributed by atoms with Gasteiger partial charge >= 0.3 is 0 Å². The molecule has 0 spiro atoms. The lowest BCUT2D eigenvalue weighted by molar-refractivity contribution is -0.0629. The Hall–Kier alpha value is -0.135. The third kappa shape index (κ3) is 3.43. The van der Waals surface area contributed by atoms with Crippen LogP contribution in [0.3, 0.4) is 0 Å². The van der Waals surface area contributed by atoms with Crippen molar-refractivity contribution in [3.63, 3.8) is 0 Å². The van der Waals surface area contributed by atoms with Gasteiger partial charge in [0.05, 0.1) is 25.8 Å². The molecule has 0 N–H and O–H groups in total. The molecule has 6 heteroatoms. The molecular formula is C10H21BO5. The van der Waals surface area contributed by atoms with Crippen LogP contribution in [0.4, 0.5) is 0 Å². The Morgan fingerprint density at radius 2 is 1.81 bits per heavy atom. The number of methoxy groups -OCH3 is 3. The lowest BCUT2D eigenvalue weighted by atomic mass is 9.93. The van der Waals surface area contributed by atoms with E-state index in [1.807, 2.05) is 7.85 Å². The molecule has 0 amide bonds. The fourth-order valence-electron chi connectivity index (χ4n) is 1.99. The summed E-state index contributed by atoms with van der Waals surface area (Å²) in [7, 11) is 6.96. The van der Waals surface area contributed by atoms with Gasteiger partial charge in [0.25, 0.3) is 0 Å². The van der Waals surface area contributed by atoms with Gasteiger partial charge in [-0.05, 0) is 0 Å². The van der Waals surface area contributed by atoms with Gasteiger partial charge in [0, 0.05) is 21.3 Å². The van der Waals surface area contributed by atoms with Gasteiger partial charge in [-0.15, -0.1) is 0 Å². The molecule has 1 fully saturated rings. The maximum Gasteiger partial charge on any atom is 0.142 e. The average Bonchev–Trinajstić information content (AvgIpc) is 2.56. The SMILES string of the molecule is B[C@@H]1O[C@H](COC)[C@H](OC)C1OCCOC. The van der Waals surface area contributed by atoms with E-state index in [1.165, 1.54) is 0 Å². The molecule has 0 aromatic heterocycles. The predicted octanol–water partition coefficient (Wildman–Crippen LogP) is -0.963. The van der Waals surface area contributed by atoms with Crippen LogP contribution < -0.4 is 0 Å². The van der Waals surface area contributed by atoms with E-state index < -0.39 is 0 Å². The quantitative estimate of drug-likeness (QED) is 0.418. The van der Waals surface area contributed by atoms with Crippen LogP contribution in [-0.2, 0) is 23.7 Å². The summed E-state index contributed by atoms with van der Waals surface area (Å²) < 4.78 is 26.9. The van der Waals surface area contributed by atoms with Gasteiger partial charge in [-0.2, -0.15) is 0 Å². The summed E-state index contributed by atoms with van der Waals surface area (Å²) >= 11 is 0. The van der Waals surface area contributed by atoms with Gasteiger partial charge in [0.2, 0.25) is 0 Å². The van der Waals surface area contributed by atoms with Crippen LogP contribution in [-0.4, -0.2) is 73.3 Å². The molecule has 5 nitrogen and oxygen atoms in total. The van der Waals surface area contributed by atoms with Crippen molar-refractivity contribution >= 4 is 7.85 Å². The first-order valence-corrected chi connectivity index (χ1v) is 5.52. The first-order valence-electron chi connectivity index (χ1n) is 5.52. The molecule has 4 atom stereocenters. The summed E-state index contributed by atoms with van der Waals surface area (Å²) in [5.74, 6) is 0. The van der Waals surface area contributed by atoms with Crippen molar-refractivity contribution in [3.05, 3.63) is 0 Å². The second-order valence-corrected chi connectivity index (χ2v) is 3.86. The fraction of sp³-hybridized carbons (Fsp3) is 1.00. The summed E-state index contributed by atoms with van der Waals surface area (Å²) in [6.45, 7) is 1.65. The van der Waals surface area contributed by atoms with E-state index in [-0.39, 0.29) is 24.3 Å². The van der Waals surface area contributed by atoms with Crippen LogP contribution in [0.15, 0.2) is 0 Å². The summed E-state index contributed by atoms with van der Waals surface area (Å²) in [5.41, 5.74) is 0. The monoisotopic (exact) mass is 232 g/mol. The molecule has 1 unspecified atom stereocenters. The molecule has 16 heavy (non-hydrogen) atoms. The van der Waals surface area contributed by atoms with Crippen molar-refractivity contribution in [2.75, 3.05) is 41.2 Å². The third-order valence-corrected chi connectivity index (χ3v) is 2.74. The van der Waals surface area contributed by atoms with E-state index in [0.29, 0.717) is 19.8 Å². The topological polar surface area (TPSA) is 46.2 Å². The van der Waals surface area contributed by atoms with Gasteiger partial charge in [-0.25, -0.2) is 0 Å². The van der Waals surface area contributed by atoms with Crippen LogP contribution in [0.25, 0.3) is 0 Å². The summed E-state index contributed by atoms with van der Waals surface area (Å²) in [5, 5.41) is 0. The predicted molar refractivity (Wildman–Crippen MR) is 61.5 cm³/mol. The molecule has 0 aromatic rings. The number of hydrogen-bond acceptors (Lipinski definition) is 5. The van der Waals surface area contributed by atoms with Gasteiger partial charge in [-0.1, -0.05) is 0 Å². The zero-order valence-electron chi connectivity index (χ0n) is 10.5. The van der Waals surface area contributed by atoms with Crippen LogP contribution in [0.1, 0.15) is 0 Å². The van der Waals surface area contributed by atoms with E-state index in [1.54, 1.807) is 21.3 Å². The van der Waals surface area contributed by atoms with Gasteiger partial charge in [-0.3, -0.25) is 0 Å². The summed E-state index contributed by atoms with van der Waals surface area (Å²) in [6.07, 6.45) is -0.190. The lowest BCUT2D eigenvalue weighted by Crippen LogP contribution is -2.39. The number of ether oxygens (including phenoxy) is 5. The van der Waals surface area contributed by atoms with Crippen molar-refractivity contribution < 1.29 is 23.7 Å². The standard InChI is InChI=1S/C10H21BO5/c1-12-4-5-15-9-8(14-3)7(6-13-2)16-10(9)11/h7-10H,4-6,11H2,1-3H3/t7-,8+,9?,10-/m1/s1. The average molecular weight is 232 g/mol. The minimum atomic E-state index is -0.0770. The van der Waals surface area contributed by atoms with Crippen LogP contribution >= 0.6 is 0 Å². The zero-order valence-corrected chi connectivity index (χ0v) is 10.5. The van der Waals surface area contributed by atoms with Crippen LogP contribution in [0.2, 0.25) is 0 Å². The Balaban J connectivity index is 2.46. The number of rotatable bonds is 7. The maximum absolute atomic E-state index is 5.73. The van der Waals surface area contributed by atoms with Crippen molar-refractivity contribution in [3.8, 4) is 0 Å². The second kappa shape index (κ2) is 7.24. The molecule has 94 valence electrons. The largest absolute Gasteiger partial charge is 0.382 e. The van der Waals surface area contributed by atoms with Crippen LogP contribution in [0.5, 0.6) is 0 Å². The van der Waals surface area contributed by atoms with Gasteiger partial charge in [0.15, 0.2) is 0 Å². The highest BCUT2D eigenvalue weighted by atomic mass is 16.6. The van der Waals surface area contributed by atoms with E-state index in [0.717, 1.165) is 0 Å². The smallest absolute Gasteiger partial charge is 0.142 e. The normalized spacial score (nSPS) is 34.4. The van der Waals surface area contributed by atoms with Crippen molar-refractivity contribution in [2.24, 2.45) is 0 Å². The maximum atomic E-state index is 5.73. The fourth-order valence-corrected chi connectivity index (χ4v) is 1.99. The molecule has 1 rings (SSSR count). The second-order valence-electron chi connectivity index (χ2n) is 3.86. The molecule has 1 aliphatic heterocycles. The zero-order chi connectivity index (χ0) is 12.0. The molecule has 0 radical (unpaired) electrons. The third-order valence-electron chi connectivity index (χ3n) is 2.74. The lowest BCUT2D eigenvalue weighted by Gasteiger charge is -2.22. The Morgan fingerprint density at radius 1 is 1.06 bits per heavy atom. The molecule has 0 aliphatic carbocycles. The van der Waals surface area contributed by atoms with Gasteiger partial charge in [0.1, 0.15) is 26.2 Å². The van der Waals surface area contributed by atoms with E-state index in [9.17, 15) is 0 Å². The minimum Gasteiger partial charge on any atom is -0.382 e. The Morgan fingerprint density at radius 3 is 2.38 bits per heavy atom. The molecule has 0 saturated carbocycles. The Bertz CT molecular complexity index is 192. The van der Waals surface area contributed by atoms with Crippen molar-refractivity contribution in [1.29, 1.82) is 0 Å². The molecule has 0 bridgehead atoms. The molecule has 1 heterocycles. The summed E-state index contributed by atoms with van der Waals surface area (Å²) in [6, 6.07) is 0.0157. The molecule has 1 aliphatic rings. The first-order chi connectivity index (χ1) is 7.74. The first kappa shape index (κ1) is 13.9. The van der Waals surface area contributed by atoms with Crippen molar-refractivity contribution in [1.82, 2.24) is 0 Å².